The van der Waals surface area contributed by atoms with Crippen molar-refractivity contribution in [2.24, 2.45) is 0 Å². The van der Waals surface area contributed by atoms with Crippen LogP contribution in [0, 0.1) is 12.7 Å². The molecule has 0 saturated carbocycles. The molecule has 0 aliphatic rings. The molecule has 0 aromatic heterocycles. The van der Waals surface area contributed by atoms with Crippen LogP contribution in [0.1, 0.15) is 15.9 Å². The van der Waals surface area contributed by atoms with E-state index in [1.54, 1.807) is 0 Å². The monoisotopic (exact) mass is 153 g/mol. The van der Waals surface area contributed by atoms with E-state index >= 15 is 0 Å². The fraction of sp³-hybridized carbons (Fsp3) is 0. The molecule has 0 atom stereocenters. The van der Waals surface area contributed by atoms with E-state index in [-0.39, 0.29) is 5.56 Å². The van der Waals surface area contributed by atoms with Crippen molar-refractivity contribution < 1.29 is 14.3 Å². The molecule has 57 valence electrons. The minimum Gasteiger partial charge on any atom is -0.478 e. The summed E-state index contributed by atoms with van der Waals surface area (Å²) in [5.74, 6) is -1.72. The van der Waals surface area contributed by atoms with Gasteiger partial charge < -0.3 is 5.11 Å². The third-order valence-electron chi connectivity index (χ3n) is 1.20. The number of rotatable bonds is 1. The van der Waals surface area contributed by atoms with Gasteiger partial charge in [-0.25, -0.2) is 9.18 Å². The molecule has 1 rings (SSSR count). The van der Waals surface area contributed by atoms with Crippen LogP contribution in [0.2, 0.25) is 0 Å². The topological polar surface area (TPSA) is 37.3 Å². The lowest BCUT2D eigenvalue weighted by molar-refractivity contribution is 0.0696. The van der Waals surface area contributed by atoms with Crippen molar-refractivity contribution in [3.63, 3.8) is 0 Å². The molecule has 1 aromatic rings. The van der Waals surface area contributed by atoms with Gasteiger partial charge in [-0.2, -0.15) is 0 Å². The standard InChI is InChI=1S/C8H6FO2/c1-5-2-6(8(10)11)4-7(9)3-5/h2-4H,1H2,(H,10,11). The lowest BCUT2D eigenvalue weighted by Gasteiger charge is -1.96. The van der Waals surface area contributed by atoms with Gasteiger partial charge >= 0.3 is 5.97 Å². The molecule has 0 heterocycles. The summed E-state index contributed by atoms with van der Waals surface area (Å²) < 4.78 is 12.5. The van der Waals surface area contributed by atoms with Crippen molar-refractivity contribution in [3.05, 3.63) is 42.1 Å². The van der Waals surface area contributed by atoms with Gasteiger partial charge in [-0.3, -0.25) is 0 Å². The largest absolute Gasteiger partial charge is 0.478 e. The van der Waals surface area contributed by atoms with Crippen molar-refractivity contribution in [2.75, 3.05) is 0 Å². The highest BCUT2D eigenvalue weighted by Crippen LogP contribution is 2.07. The van der Waals surface area contributed by atoms with Gasteiger partial charge in [-0.05, 0) is 30.7 Å². The Kier molecular flexibility index (Phi) is 1.89. The Morgan fingerprint density at radius 3 is 2.55 bits per heavy atom. The lowest BCUT2D eigenvalue weighted by Crippen LogP contribution is -1.97. The summed E-state index contributed by atoms with van der Waals surface area (Å²) in [6, 6.07) is 3.44. The molecular weight excluding hydrogens is 147 g/mol. The molecule has 3 heteroatoms. The molecule has 0 amide bonds. The summed E-state index contributed by atoms with van der Waals surface area (Å²) in [7, 11) is 0. The summed E-state index contributed by atoms with van der Waals surface area (Å²) in [6.07, 6.45) is 0. The Morgan fingerprint density at radius 1 is 1.45 bits per heavy atom. The zero-order chi connectivity index (χ0) is 8.43. The number of benzene rings is 1. The molecule has 1 N–H and O–H groups in total. The Balaban J connectivity index is 3.19. The first-order valence-electron chi connectivity index (χ1n) is 2.95. The highest BCUT2D eigenvalue weighted by atomic mass is 19.1. The van der Waals surface area contributed by atoms with Gasteiger partial charge in [0.2, 0.25) is 0 Å². The van der Waals surface area contributed by atoms with E-state index in [2.05, 4.69) is 6.92 Å². The number of hydrogen-bond acceptors (Lipinski definition) is 1. The summed E-state index contributed by atoms with van der Waals surface area (Å²) in [5, 5.41) is 8.44. The highest BCUT2D eigenvalue weighted by Gasteiger charge is 2.03. The fourth-order valence-electron chi connectivity index (χ4n) is 0.774. The molecule has 11 heavy (non-hydrogen) atoms. The van der Waals surface area contributed by atoms with Crippen molar-refractivity contribution >= 4 is 5.97 Å². The van der Waals surface area contributed by atoms with Crippen LogP contribution in [0.3, 0.4) is 0 Å². The number of carboxylic acid groups (broad SMARTS) is 1. The van der Waals surface area contributed by atoms with Gasteiger partial charge in [0.25, 0.3) is 0 Å². The third kappa shape index (κ3) is 1.77. The summed E-state index contributed by atoms with van der Waals surface area (Å²) in [6.45, 7) is 3.42. The maximum absolute atomic E-state index is 12.5. The molecule has 2 nitrogen and oxygen atoms in total. The molecule has 0 spiro atoms. The molecule has 1 aromatic carbocycles. The number of hydrogen-bond donors (Lipinski definition) is 1. The molecule has 1 radical (unpaired) electrons. The van der Waals surface area contributed by atoms with Crippen LogP contribution in [0.15, 0.2) is 18.2 Å². The number of carbonyl (C=O) groups is 1. The van der Waals surface area contributed by atoms with E-state index in [0.717, 1.165) is 6.07 Å². The average Bonchev–Trinajstić information content (AvgIpc) is 1.85. The van der Waals surface area contributed by atoms with E-state index in [1.807, 2.05) is 0 Å². The zero-order valence-electron chi connectivity index (χ0n) is 5.67. The van der Waals surface area contributed by atoms with Crippen LogP contribution in [-0.4, -0.2) is 11.1 Å². The lowest BCUT2D eigenvalue weighted by atomic mass is 10.1. The second-order valence-electron chi connectivity index (χ2n) is 2.15. The maximum atomic E-state index is 12.5. The predicted octanol–water partition coefficient (Wildman–Crippen LogP) is 1.71. The molecule has 0 aliphatic heterocycles. The van der Waals surface area contributed by atoms with Crippen LogP contribution in [0.4, 0.5) is 4.39 Å². The normalized spacial score (nSPS) is 9.64. The molecule has 0 unspecified atom stereocenters. The molecule has 0 aliphatic carbocycles. The summed E-state index contributed by atoms with van der Waals surface area (Å²) in [5.41, 5.74) is 0.289. The van der Waals surface area contributed by atoms with Gasteiger partial charge in [0.15, 0.2) is 0 Å². The molecular formula is C8H6FO2. The smallest absolute Gasteiger partial charge is 0.335 e. The van der Waals surface area contributed by atoms with Crippen molar-refractivity contribution in [3.8, 4) is 0 Å². The van der Waals surface area contributed by atoms with Crippen LogP contribution in [0.25, 0.3) is 0 Å². The van der Waals surface area contributed by atoms with Crippen LogP contribution < -0.4 is 0 Å². The van der Waals surface area contributed by atoms with Crippen molar-refractivity contribution in [1.82, 2.24) is 0 Å². The minimum atomic E-state index is -1.14. The first kappa shape index (κ1) is 7.72. The molecule has 0 bridgehead atoms. The second-order valence-corrected chi connectivity index (χ2v) is 2.15. The highest BCUT2D eigenvalue weighted by molar-refractivity contribution is 5.87. The molecule has 0 fully saturated rings. The number of halogens is 1. The summed E-state index contributed by atoms with van der Waals surface area (Å²) >= 11 is 0. The van der Waals surface area contributed by atoms with Gasteiger partial charge in [-0.15, -0.1) is 0 Å². The number of aromatic carboxylic acids is 1. The predicted molar refractivity (Wildman–Crippen MR) is 37.8 cm³/mol. The molecule has 0 saturated heterocycles. The van der Waals surface area contributed by atoms with Crippen LogP contribution >= 0.6 is 0 Å². The zero-order valence-corrected chi connectivity index (χ0v) is 5.67. The fourth-order valence-corrected chi connectivity index (χ4v) is 0.774. The van der Waals surface area contributed by atoms with E-state index < -0.39 is 11.8 Å². The summed E-state index contributed by atoms with van der Waals surface area (Å²) in [4.78, 5) is 10.3. The van der Waals surface area contributed by atoms with Gasteiger partial charge in [-0.1, -0.05) is 0 Å². The van der Waals surface area contributed by atoms with Gasteiger partial charge in [0, 0.05) is 0 Å². The van der Waals surface area contributed by atoms with Crippen molar-refractivity contribution in [1.29, 1.82) is 0 Å². The Hall–Kier alpha value is -1.38. The SMILES string of the molecule is [CH2]c1cc(F)cc(C(=O)O)c1. The Morgan fingerprint density at radius 2 is 2.09 bits per heavy atom. The average molecular weight is 153 g/mol. The third-order valence-corrected chi connectivity index (χ3v) is 1.20. The van der Waals surface area contributed by atoms with E-state index in [0.29, 0.717) is 5.56 Å². The first-order valence-corrected chi connectivity index (χ1v) is 2.95. The number of carboxylic acids is 1. The van der Waals surface area contributed by atoms with Crippen LogP contribution in [0.5, 0.6) is 0 Å². The minimum absolute atomic E-state index is 0.0741. The van der Waals surface area contributed by atoms with E-state index in [1.165, 1.54) is 12.1 Å². The Labute approximate surface area is 63.3 Å². The maximum Gasteiger partial charge on any atom is 0.335 e. The first-order chi connectivity index (χ1) is 5.09. The van der Waals surface area contributed by atoms with Crippen molar-refractivity contribution in [2.45, 2.75) is 0 Å². The second kappa shape index (κ2) is 2.70. The van der Waals surface area contributed by atoms with E-state index in [4.69, 9.17) is 5.11 Å². The van der Waals surface area contributed by atoms with E-state index in [9.17, 15) is 9.18 Å². The quantitative estimate of drug-likeness (QED) is 0.666. The Bertz CT molecular complexity index is 274. The van der Waals surface area contributed by atoms with Gasteiger partial charge in [0.05, 0.1) is 5.56 Å². The van der Waals surface area contributed by atoms with Crippen LogP contribution in [-0.2, 0) is 0 Å². The van der Waals surface area contributed by atoms with Gasteiger partial charge in [0.1, 0.15) is 5.82 Å².